The number of nitrogens with zero attached hydrogens (tertiary/aromatic N) is 2. The summed E-state index contributed by atoms with van der Waals surface area (Å²) in [6, 6.07) is 1.68. The Balaban J connectivity index is 3.15. The van der Waals surface area contributed by atoms with Crippen LogP contribution >= 0.6 is 11.8 Å². The molecule has 1 N–H and O–H groups in total. The van der Waals surface area contributed by atoms with Gasteiger partial charge >= 0.3 is 0 Å². The Morgan fingerprint density at radius 1 is 1.45 bits per heavy atom. The van der Waals surface area contributed by atoms with E-state index in [1.54, 1.807) is 31.1 Å². The van der Waals surface area contributed by atoms with E-state index in [-0.39, 0.29) is 10.9 Å². The zero-order chi connectivity index (χ0) is 15.2. The second-order valence-corrected chi connectivity index (χ2v) is 7.32. The van der Waals surface area contributed by atoms with Gasteiger partial charge in [0.2, 0.25) is 10.0 Å². The van der Waals surface area contributed by atoms with Crippen LogP contribution in [0.3, 0.4) is 0 Å². The molecule has 1 atom stereocenters. The Labute approximate surface area is 126 Å². The molecule has 1 heterocycles. The van der Waals surface area contributed by atoms with Crippen LogP contribution in [0.4, 0.5) is 5.69 Å². The standard InChI is InChI=1S/C13H23N3O2S2/c1-5-11(10-19-4)16(3)20(17,18)13-9-14-8-7-12(13)15-6-2/h7-9,11H,5-6,10H2,1-4H3,(H,14,15). The van der Waals surface area contributed by atoms with Crippen LogP contribution < -0.4 is 5.32 Å². The van der Waals surface area contributed by atoms with E-state index in [1.807, 2.05) is 20.1 Å². The normalized spacial score (nSPS) is 13.4. The predicted molar refractivity (Wildman–Crippen MR) is 85.8 cm³/mol. The summed E-state index contributed by atoms with van der Waals surface area (Å²) in [5, 5.41) is 3.08. The first kappa shape index (κ1) is 17.3. The molecule has 1 rings (SSSR count). The maximum Gasteiger partial charge on any atom is 0.246 e. The molecule has 0 saturated carbocycles. The van der Waals surface area contributed by atoms with Gasteiger partial charge < -0.3 is 5.32 Å². The number of hydrogen-bond acceptors (Lipinski definition) is 5. The Morgan fingerprint density at radius 3 is 2.70 bits per heavy atom. The second kappa shape index (κ2) is 7.85. The Hall–Kier alpha value is -0.790. The molecule has 1 aromatic rings. The summed E-state index contributed by atoms with van der Waals surface area (Å²) in [5.74, 6) is 0.781. The first-order chi connectivity index (χ1) is 9.48. The van der Waals surface area contributed by atoms with Crippen molar-refractivity contribution in [1.82, 2.24) is 9.29 Å². The summed E-state index contributed by atoms with van der Waals surface area (Å²) in [6.07, 6.45) is 5.77. The van der Waals surface area contributed by atoms with E-state index in [9.17, 15) is 8.42 Å². The van der Waals surface area contributed by atoms with E-state index < -0.39 is 10.0 Å². The number of anilines is 1. The Bertz CT molecular complexity index is 520. The average Bonchev–Trinajstić information content (AvgIpc) is 2.44. The molecular formula is C13H23N3O2S2. The molecule has 7 heteroatoms. The summed E-state index contributed by atoms with van der Waals surface area (Å²) >= 11 is 1.65. The van der Waals surface area contributed by atoms with Crippen LogP contribution in [0.5, 0.6) is 0 Å². The largest absolute Gasteiger partial charge is 0.384 e. The van der Waals surface area contributed by atoms with Crippen LogP contribution in [0, 0.1) is 0 Å². The second-order valence-electron chi connectivity index (χ2n) is 4.44. The zero-order valence-corrected chi connectivity index (χ0v) is 14.1. The quantitative estimate of drug-likeness (QED) is 0.797. The number of pyridine rings is 1. The molecule has 1 unspecified atom stereocenters. The van der Waals surface area contributed by atoms with Gasteiger partial charge in [-0.2, -0.15) is 16.1 Å². The van der Waals surface area contributed by atoms with Crippen LogP contribution in [0.25, 0.3) is 0 Å². The molecular weight excluding hydrogens is 294 g/mol. The summed E-state index contributed by atoms with van der Waals surface area (Å²) in [6.45, 7) is 4.60. The van der Waals surface area contributed by atoms with E-state index in [2.05, 4.69) is 10.3 Å². The van der Waals surface area contributed by atoms with Gasteiger partial charge in [-0.1, -0.05) is 6.92 Å². The van der Waals surface area contributed by atoms with Crippen LogP contribution in [0.1, 0.15) is 20.3 Å². The van der Waals surface area contributed by atoms with Gasteiger partial charge in [-0.15, -0.1) is 0 Å². The number of rotatable bonds is 8. The zero-order valence-electron chi connectivity index (χ0n) is 12.5. The maximum absolute atomic E-state index is 12.7. The smallest absolute Gasteiger partial charge is 0.246 e. The molecule has 0 amide bonds. The summed E-state index contributed by atoms with van der Waals surface area (Å²) in [4.78, 5) is 4.20. The van der Waals surface area contributed by atoms with Gasteiger partial charge in [-0.3, -0.25) is 4.98 Å². The van der Waals surface area contributed by atoms with Crippen molar-refractivity contribution >= 4 is 27.5 Å². The highest BCUT2D eigenvalue weighted by molar-refractivity contribution is 7.98. The number of sulfonamides is 1. The predicted octanol–water partition coefficient (Wildman–Crippen LogP) is 2.28. The monoisotopic (exact) mass is 317 g/mol. The highest BCUT2D eigenvalue weighted by Gasteiger charge is 2.29. The van der Waals surface area contributed by atoms with Crippen molar-refractivity contribution in [1.29, 1.82) is 0 Å². The van der Waals surface area contributed by atoms with Crippen molar-refractivity contribution in [2.75, 3.05) is 30.9 Å². The van der Waals surface area contributed by atoms with Gasteiger partial charge in [0.15, 0.2) is 0 Å². The fourth-order valence-corrected chi connectivity index (χ4v) is 4.42. The first-order valence-electron chi connectivity index (χ1n) is 6.63. The third kappa shape index (κ3) is 3.86. The lowest BCUT2D eigenvalue weighted by molar-refractivity contribution is 0.385. The molecule has 5 nitrogen and oxygen atoms in total. The van der Waals surface area contributed by atoms with E-state index in [4.69, 9.17) is 0 Å². The summed E-state index contributed by atoms with van der Waals surface area (Å²) < 4.78 is 26.9. The molecule has 0 aliphatic carbocycles. The fourth-order valence-electron chi connectivity index (χ4n) is 1.95. The minimum Gasteiger partial charge on any atom is -0.384 e. The van der Waals surface area contributed by atoms with E-state index >= 15 is 0 Å². The van der Waals surface area contributed by atoms with Gasteiger partial charge in [-0.25, -0.2) is 8.42 Å². The molecule has 20 heavy (non-hydrogen) atoms. The van der Waals surface area contributed by atoms with Crippen molar-refractivity contribution < 1.29 is 8.42 Å². The van der Waals surface area contributed by atoms with Crippen molar-refractivity contribution in [3.63, 3.8) is 0 Å². The first-order valence-corrected chi connectivity index (χ1v) is 9.47. The lowest BCUT2D eigenvalue weighted by Gasteiger charge is -2.26. The van der Waals surface area contributed by atoms with Gasteiger partial charge in [0.25, 0.3) is 0 Å². The molecule has 0 bridgehead atoms. The minimum absolute atomic E-state index is 0.00955. The molecule has 1 aromatic heterocycles. The molecule has 0 fully saturated rings. The third-order valence-corrected chi connectivity index (χ3v) is 5.81. The Kier molecular flexibility index (Phi) is 6.78. The molecule has 114 valence electrons. The lowest BCUT2D eigenvalue weighted by atomic mass is 10.3. The molecule has 0 aliphatic heterocycles. The van der Waals surface area contributed by atoms with Crippen LogP contribution in [0.15, 0.2) is 23.4 Å². The topological polar surface area (TPSA) is 62.3 Å². The van der Waals surface area contributed by atoms with Gasteiger partial charge in [0.1, 0.15) is 4.90 Å². The van der Waals surface area contributed by atoms with Crippen molar-refractivity contribution in [3.05, 3.63) is 18.5 Å². The molecule has 0 aromatic carbocycles. The van der Waals surface area contributed by atoms with Crippen LogP contribution in [-0.2, 0) is 10.0 Å². The summed E-state index contributed by atoms with van der Waals surface area (Å²) in [5.41, 5.74) is 0.605. The van der Waals surface area contributed by atoms with Crippen molar-refractivity contribution in [2.45, 2.75) is 31.2 Å². The molecule has 0 spiro atoms. The SMILES string of the molecule is CCNc1ccncc1S(=O)(=O)N(C)C(CC)CSC. The summed E-state index contributed by atoms with van der Waals surface area (Å²) in [7, 11) is -1.89. The minimum atomic E-state index is -3.53. The highest BCUT2D eigenvalue weighted by Crippen LogP contribution is 2.25. The number of aromatic nitrogens is 1. The van der Waals surface area contributed by atoms with E-state index in [0.717, 1.165) is 12.2 Å². The molecule has 0 saturated heterocycles. The van der Waals surface area contributed by atoms with Crippen molar-refractivity contribution in [3.8, 4) is 0 Å². The van der Waals surface area contributed by atoms with Gasteiger partial charge in [-0.05, 0) is 25.7 Å². The van der Waals surface area contributed by atoms with Crippen LogP contribution in [-0.4, -0.2) is 49.3 Å². The lowest BCUT2D eigenvalue weighted by Crippen LogP contribution is -2.38. The van der Waals surface area contributed by atoms with Gasteiger partial charge in [0.05, 0.1) is 5.69 Å². The molecule has 0 aliphatic rings. The van der Waals surface area contributed by atoms with Crippen LogP contribution in [0.2, 0.25) is 0 Å². The third-order valence-electron chi connectivity index (χ3n) is 3.15. The van der Waals surface area contributed by atoms with Crippen molar-refractivity contribution in [2.24, 2.45) is 0 Å². The average molecular weight is 317 g/mol. The van der Waals surface area contributed by atoms with E-state index in [0.29, 0.717) is 12.2 Å². The fraction of sp³-hybridized carbons (Fsp3) is 0.615. The number of thioether (sulfide) groups is 1. The Morgan fingerprint density at radius 2 is 2.15 bits per heavy atom. The maximum atomic E-state index is 12.7. The molecule has 0 radical (unpaired) electrons. The van der Waals surface area contributed by atoms with Gasteiger partial charge in [0, 0.05) is 37.8 Å². The number of hydrogen-bond donors (Lipinski definition) is 1. The number of nitrogens with one attached hydrogen (secondary N) is 1. The highest BCUT2D eigenvalue weighted by atomic mass is 32.2. The van der Waals surface area contributed by atoms with E-state index in [1.165, 1.54) is 10.5 Å².